The minimum Gasteiger partial charge on any atom is -0.343 e. The van der Waals surface area contributed by atoms with Crippen LogP contribution in [0.1, 0.15) is 30.9 Å². The van der Waals surface area contributed by atoms with Gasteiger partial charge >= 0.3 is 0 Å². The predicted molar refractivity (Wildman–Crippen MR) is 61.0 cm³/mol. The van der Waals surface area contributed by atoms with Crippen LogP contribution in [0.15, 0.2) is 36.4 Å². The van der Waals surface area contributed by atoms with Gasteiger partial charge in [-0.05, 0) is 24.1 Å². The van der Waals surface area contributed by atoms with Crippen LogP contribution in [0.2, 0.25) is 0 Å². The zero-order chi connectivity index (χ0) is 11.2. The molecule has 2 nitrogen and oxygen atoms in total. The van der Waals surface area contributed by atoms with Crippen LogP contribution >= 0.6 is 0 Å². The Morgan fingerprint density at radius 2 is 2.00 bits per heavy atom. The molecule has 0 radical (unpaired) electrons. The third kappa shape index (κ3) is 0.978. The van der Waals surface area contributed by atoms with Crippen molar-refractivity contribution in [1.29, 1.82) is 0 Å². The van der Waals surface area contributed by atoms with Crippen LogP contribution in [0.25, 0.3) is 0 Å². The molecular formula is C14H14O2. The number of fused-ring (bicyclic) bond motifs is 5. The first-order chi connectivity index (χ1) is 7.76. The topological polar surface area (TPSA) is 26.3 Å². The Balaban J connectivity index is 2.22. The standard InChI is InChI=1S/C14H14O2/c1-2-7-13-8-9-14(10-15,16-13)12-6-4-3-5-11(12)13/h3-6,8-10H,2,7H2,1H3. The summed E-state index contributed by atoms with van der Waals surface area (Å²) >= 11 is 0. The third-order valence-electron chi connectivity index (χ3n) is 3.55. The van der Waals surface area contributed by atoms with Gasteiger partial charge in [0.15, 0.2) is 11.9 Å². The summed E-state index contributed by atoms with van der Waals surface area (Å²) in [6.07, 6.45) is 6.82. The van der Waals surface area contributed by atoms with Crippen molar-refractivity contribution in [1.82, 2.24) is 0 Å². The molecule has 0 spiro atoms. The molecule has 0 aromatic heterocycles. The maximum absolute atomic E-state index is 11.3. The second-order valence-electron chi connectivity index (χ2n) is 4.53. The molecule has 2 unspecified atom stereocenters. The van der Waals surface area contributed by atoms with E-state index in [9.17, 15) is 4.79 Å². The van der Waals surface area contributed by atoms with Crippen LogP contribution in [0.3, 0.4) is 0 Å². The molecule has 2 aliphatic rings. The van der Waals surface area contributed by atoms with Gasteiger partial charge in [0.2, 0.25) is 0 Å². The summed E-state index contributed by atoms with van der Waals surface area (Å²) in [7, 11) is 0. The van der Waals surface area contributed by atoms with Crippen molar-refractivity contribution in [2.24, 2.45) is 0 Å². The van der Waals surface area contributed by atoms with Gasteiger partial charge in [0.25, 0.3) is 0 Å². The van der Waals surface area contributed by atoms with E-state index in [-0.39, 0.29) is 5.60 Å². The number of rotatable bonds is 3. The molecule has 16 heavy (non-hydrogen) atoms. The fourth-order valence-corrected chi connectivity index (χ4v) is 2.88. The van der Waals surface area contributed by atoms with Crippen molar-refractivity contribution in [2.45, 2.75) is 31.0 Å². The van der Waals surface area contributed by atoms with Gasteiger partial charge < -0.3 is 4.74 Å². The van der Waals surface area contributed by atoms with Crippen molar-refractivity contribution < 1.29 is 9.53 Å². The van der Waals surface area contributed by atoms with Crippen molar-refractivity contribution in [3.63, 3.8) is 0 Å². The van der Waals surface area contributed by atoms with Gasteiger partial charge in [0.05, 0.1) is 0 Å². The highest BCUT2D eigenvalue weighted by molar-refractivity contribution is 5.75. The summed E-state index contributed by atoms with van der Waals surface area (Å²) in [5, 5.41) is 0. The molecule has 2 bridgehead atoms. The summed E-state index contributed by atoms with van der Waals surface area (Å²) in [6, 6.07) is 8.03. The fraction of sp³-hybridized carbons (Fsp3) is 0.357. The Bertz CT molecular complexity index is 477. The van der Waals surface area contributed by atoms with Crippen molar-refractivity contribution in [3.05, 3.63) is 47.5 Å². The molecule has 0 amide bonds. The molecular weight excluding hydrogens is 200 g/mol. The molecule has 0 aliphatic carbocycles. The Kier molecular flexibility index (Phi) is 1.86. The molecule has 82 valence electrons. The summed E-state index contributed by atoms with van der Waals surface area (Å²) in [5.74, 6) is 0. The summed E-state index contributed by atoms with van der Waals surface area (Å²) in [4.78, 5) is 11.3. The molecule has 2 heterocycles. The molecule has 0 saturated carbocycles. The van der Waals surface area contributed by atoms with E-state index in [1.54, 1.807) is 0 Å². The lowest BCUT2D eigenvalue weighted by Gasteiger charge is -2.23. The van der Waals surface area contributed by atoms with Crippen LogP contribution in [-0.2, 0) is 20.7 Å². The van der Waals surface area contributed by atoms with Crippen LogP contribution < -0.4 is 0 Å². The van der Waals surface area contributed by atoms with Gasteiger partial charge in [-0.1, -0.05) is 37.6 Å². The number of carbonyl (C=O) groups excluding carboxylic acids is 1. The molecule has 2 aliphatic heterocycles. The molecule has 2 heteroatoms. The van der Waals surface area contributed by atoms with Gasteiger partial charge in [-0.25, -0.2) is 0 Å². The molecule has 0 saturated heterocycles. The van der Waals surface area contributed by atoms with E-state index < -0.39 is 5.60 Å². The number of hydrogen-bond donors (Lipinski definition) is 0. The average molecular weight is 214 g/mol. The van der Waals surface area contributed by atoms with E-state index in [1.165, 1.54) is 0 Å². The Morgan fingerprint density at radius 1 is 1.25 bits per heavy atom. The maximum Gasteiger partial charge on any atom is 0.168 e. The molecule has 0 fully saturated rings. The van der Waals surface area contributed by atoms with E-state index in [0.717, 1.165) is 30.3 Å². The van der Waals surface area contributed by atoms with Crippen LogP contribution in [0.5, 0.6) is 0 Å². The lowest BCUT2D eigenvalue weighted by atomic mass is 9.80. The number of aldehydes is 1. The quantitative estimate of drug-likeness (QED) is 0.571. The van der Waals surface area contributed by atoms with Gasteiger partial charge in [0, 0.05) is 5.56 Å². The highest BCUT2D eigenvalue weighted by atomic mass is 16.5. The molecule has 3 rings (SSSR count). The van der Waals surface area contributed by atoms with Crippen molar-refractivity contribution in [2.75, 3.05) is 0 Å². The lowest BCUT2D eigenvalue weighted by Crippen LogP contribution is -2.24. The van der Waals surface area contributed by atoms with Crippen LogP contribution in [0, 0.1) is 0 Å². The predicted octanol–water partition coefficient (Wildman–Crippen LogP) is 2.68. The third-order valence-corrected chi connectivity index (χ3v) is 3.55. The first-order valence-corrected chi connectivity index (χ1v) is 5.73. The maximum atomic E-state index is 11.3. The largest absolute Gasteiger partial charge is 0.343 e. The number of ether oxygens (including phenoxy) is 1. The second kappa shape index (κ2) is 3.05. The Hall–Kier alpha value is -1.41. The first kappa shape index (κ1) is 9.79. The zero-order valence-corrected chi connectivity index (χ0v) is 9.27. The lowest BCUT2D eigenvalue weighted by molar-refractivity contribution is -0.133. The first-order valence-electron chi connectivity index (χ1n) is 5.73. The van der Waals surface area contributed by atoms with E-state index in [1.807, 2.05) is 30.4 Å². The second-order valence-corrected chi connectivity index (χ2v) is 4.53. The Morgan fingerprint density at radius 3 is 2.69 bits per heavy atom. The van der Waals surface area contributed by atoms with E-state index in [4.69, 9.17) is 4.74 Å². The molecule has 0 N–H and O–H groups in total. The smallest absolute Gasteiger partial charge is 0.168 e. The van der Waals surface area contributed by atoms with Gasteiger partial charge in [-0.3, -0.25) is 4.79 Å². The summed E-state index contributed by atoms with van der Waals surface area (Å²) in [5.41, 5.74) is 1.00. The highest BCUT2D eigenvalue weighted by Crippen LogP contribution is 2.54. The van der Waals surface area contributed by atoms with Crippen molar-refractivity contribution in [3.8, 4) is 0 Å². The molecule has 2 atom stereocenters. The fourth-order valence-electron chi connectivity index (χ4n) is 2.88. The van der Waals surface area contributed by atoms with Gasteiger partial charge in [0.1, 0.15) is 5.60 Å². The number of hydrogen-bond acceptors (Lipinski definition) is 2. The minimum absolute atomic E-state index is 0.355. The minimum atomic E-state index is -0.814. The SMILES string of the molecule is CCCC12C=CC(C=O)(O1)c1ccccc12. The normalized spacial score (nSPS) is 34.1. The number of carbonyl (C=O) groups is 1. The zero-order valence-electron chi connectivity index (χ0n) is 9.27. The summed E-state index contributed by atoms with van der Waals surface area (Å²) in [6.45, 7) is 2.13. The van der Waals surface area contributed by atoms with E-state index in [2.05, 4.69) is 13.0 Å². The van der Waals surface area contributed by atoms with Crippen LogP contribution in [-0.4, -0.2) is 6.29 Å². The molecule has 1 aromatic carbocycles. The van der Waals surface area contributed by atoms with Gasteiger partial charge in [-0.15, -0.1) is 0 Å². The number of benzene rings is 1. The van der Waals surface area contributed by atoms with Crippen LogP contribution in [0.4, 0.5) is 0 Å². The highest BCUT2D eigenvalue weighted by Gasteiger charge is 2.54. The summed E-state index contributed by atoms with van der Waals surface area (Å²) < 4.78 is 6.03. The molecule has 1 aromatic rings. The average Bonchev–Trinajstić information content (AvgIpc) is 2.83. The van der Waals surface area contributed by atoms with E-state index >= 15 is 0 Å². The van der Waals surface area contributed by atoms with Crippen molar-refractivity contribution >= 4 is 6.29 Å². The van der Waals surface area contributed by atoms with E-state index in [0.29, 0.717) is 0 Å². The Labute approximate surface area is 94.9 Å². The van der Waals surface area contributed by atoms with Gasteiger partial charge in [-0.2, -0.15) is 0 Å². The monoisotopic (exact) mass is 214 g/mol.